The van der Waals surface area contributed by atoms with Gasteiger partial charge in [-0.15, -0.1) is 0 Å². The Balaban J connectivity index is 1.22. The van der Waals surface area contributed by atoms with Crippen LogP contribution in [0.5, 0.6) is 0 Å². The van der Waals surface area contributed by atoms with Gasteiger partial charge in [0.15, 0.2) is 0 Å². The lowest BCUT2D eigenvalue weighted by Gasteiger charge is -2.53. The molecule has 4 heterocycles. The van der Waals surface area contributed by atoms with Gasteiger partial charge in [0.1, 0.15) is 5.60 Å². The Bertz CT molecular complexity index is 1620. The van der Waals surface area contributed by atoms with Crippen LogP contribution in [0.3, 0.4) is 0 Å². The van der Waals surface area contributed by atoms with Gasteiger partial charge in [0, 0.05) is 69.2 Å². The van der Waals surface area contributed by atoms with E-state index in [1.165, 1.54) is 0 Å². The molecule has 6 rings (SSSR count). The first-order valence-corrected chi connectivity index (χ1v) is 16.4. The highest BCUT2D eigenvalue weighted by Crippen LogP contribution is 2.52. The number of benzene rings is 1. The van der Waals surface area contributed by atoms with E-state index in [0.29, 0.717) is 39.1 Å². The second-order valence-electron chi connectivity index (χ2n) is 14.2. The van der Waals surface area contributed by atoms with Crippen LogP contribution in [0.15, 0.2) is 65.7 Å². The molecule has 1 saturated carbocycles. The van der Waals surface area contributed by atoms with Crippen molar-refractivity contribution in [1.29, 1.82) is 0 Å². The molecule has 0 unspecified atom stereocenters. The van der Waals surface area contributed by atoms with Crippen molar-refractivity contribution in [1.82, 2.24) is 29.0 Å². The number of amides is 3. The lowest BCUT2D eigenvalue weighted by molar-refractivity contribution is -0.137. The zero-order chi connectivity index (χ0) is 32.7. The Kier molecular flexibility index (Phi) is 8.47. The molecule has 11 heteroatoms. The largest absolute Gasteiger partial charge is 0.444 e. The summed E-state index contributed by atoms with van der Waals surface area (Å²) in [5, 5.41) is 16.5. The highest BCUT2D eigenvalue weighted by Gasteiger charge is 2.56. The van der Waals surface area contributed by atoms with Gasteiger partial charge in [0.25, 0.3) is 5.56 Å². The lowest BCUT2D eigenvalue weighted by atomic mass is 9.66. The first-order chi connectivity index (χ1) is 21.9. The summed E-state index contributed by atoms with van der Waals surface area (Å²) in [5.41, 5.74) is 0.161. The average molecular weight is 631 g/mol. The number of pyridine rings is 1. The first-order valence-electron chi connectivity index (χ1n) is 16.4. The number of piperazine rings is 1. The Morgan fingerprint density at radius 1 is 1.00 bits per heavy atom. The van der Waals surface area contributed by atoms with Crippen molar-refractivity contribution in [3.63, 3.8) is 0 Å². The minimum Gasteiger partial charge on any atom is -0.444 e. The molecule has 1 spiro atoms. The average Bonchev–Trinajstić information content (AvgIpc) is 3.68. The predicted molar refractivity (Wildman–Crippen MR) is 174 cm³/mol. The molecule has 3 fully saturated rings. The number of hydrogen-bond donors (Lipinski definition) is 1. The molecule has 2 aromatic heterocycles. The molecule has 46 heavy (non-hydrogen) atoms. The van der Waals surface area contributed by atoms with Crippen molar-refractivity contribution in [3.05, 3.63) is 76.8 Å². The van der Waals surface area contributed by atoms with Crippen LogP contribution >= 0.6 is 0 Å². The van der Waals surface area contributed by atoms with Crippen LogP contribution in [0.4, 0.5) is 9.59 Å². The molecule has 11 nitrogen and oxygen atoms in total. The molecule has 1 aliphatic carbocycles. The normalized spacial score (nSPS) is 23.2. The quantitative estimate of drug-likeness (QED) is 0.449. The molecule has 3 amide bonds. The zero-order valence-electron chi connectivity index (χ0n) is 27.4. The van der Waals surface area contributed by atoms with Crippen LogP contribution in [-0.2, 0) is 18.3 Å². The summed E-state index contributed by atoms with van der Waals surface area (Å²) in [5.74, 6) is 0. The minimum atomic E-state index is -1.13. The van der Waals surface area contributed by atoms with E-state index in [9.17, 15) is 19.5 Å². The second-order valence-corrected chi connectivity index (χ2v) is 14.2. The highest BCUT2D eigenvalue weighted by atomic mass is 16.6. The lowest BCUT2D eigenvalue weighted by Crippen LogP contribution is -2.64. The maximum atomic E-state index is 14.4. The van der Waals surface area contributed by atoms with E-state index in [0.717, 1.165) is 42.5 Å². The van der Waals surface area contributed by atoms with Crippen LogP contribution < -0.4 is 5.56 Å². The van der Waals surface area contributed by atoms with Crippen molar-refractivity contribution >= 4 is 12.1 Å². The smallest absolute Gasteiger partial charge is 0.410 e. The van der Waals surface area contributed by atoms with Gasteiger partial charge in [-0.05, 0) is 57.7 Å². The van der Waals surface area contributed by atoms with Gasteiger partial charge >= 0.3 is 12.1 Å². The third-order valence-electron chi connectivity index (χ3n) is 10.1. The molecule has 3 aliphatic rings. The molecule has 2 atom stereocenters. The van der Waals surface area contributed by atoms with E-state index in [-0.39, 0.29) is 30.3 Å². The van der Waals surface area contributed by atoms with Crippen molar-refractivity contribution in [2.24, 2.45) is 12.5 Å². The highest BCUT2D eigenvalue weighted by molar-refractivity contribution is 5.76. The molecule has 1 aromatic carbocycles. The van der Waals surface area contributed by atoms with Crippen molar-refractivity contribution in [2.75, 3.05) is 32.7 Å². The fraction of sp³-hybridized carbons (Fsp3) is 0.543. The van der Waals surface area contributed by atoms with E-state index >= 15 is 0 Å². The number of aryl methyl sites for hydroxylation is 1. The van der Waals surface area contributed by atoms with Gasteiger partial charge in [0.05, 0.1) is 23.9 Å². The number of urea groups is 1. The number of ether oxygens (including phenoxy) is 1. The molecule has 2 saturated heterocycles. The SMILES string of the molecule is Cn1nccc1-c1ccn(C[C@]2(O)CCN(C(=O)N3CCN(C(=O)OC(C)(C)C)C[C@H]3c3ccccc3)CC23CCCC3)c(=O)c1. The van der Waals surface area contributed by atoms with Crippen LogP contribution in [0, 0.1) is 5.41 Å². The van der Waals surface area contributed by atoms with Crippen molar-refractivity contribution in [3.8, 4) is 11.3 Å². The standard InChI is InChI=1S/C35H46N6O5/c1-33(2,3)46-32(44)38-20-21-41(29(23-38)26-10-6-5-7-11-26)31(43)40-19-16-35(45,34(24-40)14-8-9-15-34)25-39-18-13-27(22-30(39)42)28-12-17-36-37(28)4/h5-7,10-13,17-18,22,29,45H,8-9,14-16,19-21,23-25H2,1-4H3/t29-,35+/m0/s1. The third-order valence-corrected chi connectivity index (χ3v) is 10.1. The maximum Gasteiger partial charge on any atom is 0.410 e. The van der Waals surface area contributed by atoms with Crippen LogP contribution in [-0.4, -0.2) is 90.2 Å². The van der Waals surface area contributed by atoms with Crippen molar-refractivity contribution in [2.45, 2.75) is 76.7 Å². The van der Waals surface area contributed by atoms with Gasteiger partial charge in [-0.1, -0.05) is 43.2 Å². The maximum absolute atomic E-state index is 14.4. The van der Waals surface area contributed by atoms with Crippen LogP contribution in [0.1, 0.15) is 64.5 Å². The number of aliphatic hydroxyl groups is 1. The molecule has 0 radical (unpaired) electrons. The minimum absolute atomic E-state index is 0.0799. The molecule has 246 valence electrons. The Hall–Kier alpha value is -4.12. The number of hydrogen-bond acceptors (Lipinski definition) is 6. The van der Waals surface area contributed by atoms with Gasteiger partial charge in [-0.2, -0.15) is 5.10 Å². The number of aromatic nitrogens is 3. The molecule has 0 bridgehead atoms. The Morgan fingerprint density at radius 2 is 1.74 bits per heavy atom. The van der Waals surface area contributed by atoms with E-state index in [4.69, 9.17) is 4.74 Å². The van der Waals surface area contributed by atoms with Crippen LogP contribution in [0.2, 0.25) is 0 Å². The molecule has 3 aromatic rings. The van der Waals surface area contributed by atoms with Crippen LogP contribution in [0.25, 0.3) is 11.3 Å². The van der Waals surface area contributed by atoms with E-state index in [1.54, 1.807) is 32.6 Å². The van der Waals surface area contributed by atoms with Gasteiger partial charge in [-0.3, -0.25) is 9.48 Å². The number of piperidine rings is 1. The molecule has 1 N–H and O–H groups in total. The predicted octanol–water partition coefficient (Wildman–Crippen LogP) is 4.66. The number of carbonyl (C=O) groups excluding carboxylic acids is 2. The van der Waals surface area contributed by atoms with E-state index in [1.807, 2.05) is 80.1 Å². The summed E-state index contributed by atoms with van der Waals surface area (Å²) in [6.07, 6.45) is 7.00. The number of rotatable bonds is 4. The van der Waals surface area contributed by atoms with E-state index in [2.05, 4.69) is 5.10 Å². The first kappa shape index (κ1) is 31.8. The summed E-state index contributed by atoms with van der Waals surface area (Å²) in [4.78, 5) is 46.1. The van der Waals surface area contributed by atoms with Gasteiger partial charge in [0.2, 0.25) is 0 Å². The van der Waals surface area contributed by atoms with Gasteiger partial charge in [-0.25, -0.2) is 9.59 Å². The summed E-state index contributed by atoms with van der Waals surface area (Å²) in [6.45, 7) is 7.64. The Morgan fingerprint density at radius 3 is 2.39 bits per heavy atom. The number of carbonyl (C=O) groups is 2. The van der Waals surface area contributed by atoms with E-state index < -0.39 is 16.6 Å². The monoisotopic (exact) mass is 630 g/mol. The van der Waals surface area contributed by atoms with Gasteiger partial charge < -0.3 is 29.1 Å². The molecular weight excluding hydrogens is 584 g/mol. The zero-order valence-corrected chi connectivity index (χ0v) is 27.4. The second kappa shape index (κ2) is 12.2. The van der Waals surface area contributed by atoms with Crippen molar-refractivity contribution < 1.29 is 19.4 Å². The summed E-state index contributed by atoms with van der Waals surface area (Å²) >= 11 is 0. The number of nitrogens with zero attached hydrogens (tertiary/aromatic N) is 6. The molecule has 2 aliphatic heterocycles. The Labute approximate surface area is 270 Å². The number of likely N-dealkylation sites (tertiary alicyclic amines) is 1. The topological polar surface area (TPSA) is 113 Å². The molecular formula is C35H46N6O5. The fourth-order valence-electron chi connectivity index (χ4n) is 7.64. The summed E-state index contributed by atoms with van der Waals surface area (Å²) < 4.78 is 9.00. The summed E-state index contributed by atoms with van der Waals surface area (Å²) in [7, 11) is 1.84. The third kappa shape index (κ3) is 6.17. The fourth-order valence-corrected chi connectivity index (χ4v) is 7.64. The summed E-state index contributed by atoms with van der Waals surface area (Å²) in [6, 6.07) is 14.8.